The number of ketones is 1. The maximum absolute atomic E-state index is 13.8. The molecule has 1 aliphatic rings. The Morgan fingerprint density at radius 2 is 1.45 bits per heavy atom. The minimum absolute atomic E-state index is 0.0696. The first-order valence-corrected chi connectivity index (χ1v) is 9.82. The molecule has 0 amide bonds. The van der Waals surface area contributed by atoms with Crippen LogP contribution >= 0.6 is 0 Å². The molecule has 0 radical (unpaired) electrons. The second-order valence-corrected chi connectivity index (χ2v) is 7.02. The predicted molar refractivity (Wildman–Crippen MR) is 113 cm³/mol. The van der Waals surface area contributed by atoms with Crippen LogP contribution < -0.4 is 9.47 Å². The van der Waals surface area contributed by atoms with Crippen LogP contribution in [0.15, 0.2) is 48.5 Å². The van der Waals surface area contributed by atoms with Crippen molar-refractivity contribution in [2.75, 3.05) is 27.4 Å². The zero-order chi connectivity index (χ0) is 22.0. The van der Waals surface area contributed by atoms with Gasteiger partial charge in [0, 0.05) is 28.3 Å². The molecule has 3 aromatic rings. The highest BCUT2D eigenvalue weighted by Gasteiger charge is 2.31. The monoisotopic (exact) mass is 422 g/mol. The number of benzene rings is 3. The predicted octanol–water partition coefficient (Wildman–Crippen LogP) is 3.70. The summed E-state index contributed by atoms with van der Waals surface area (Å²) in [7, 11) is 3.02. The quantitative estimate of drug-likeness (QED) is 0.581. The summed E-state index contributed by atoms with van der Waals surface area (Å²) < 4.78 is 22.7. The third-order valence-electron chi connectivity index (χ3n) is 5.32. The van der Waals surface area contributed by atoms with E-state index in [1.807, 2.05) is 24.3 Å². The Hall–Kier alpha value is -3.42. The van der Waals surface area contributed by atoms with Gasteiger partial charge in [0.25, 0.3) is 0 Å². The molecule has 1 aliphatic heterocycles. The van der Waals surface area contributed by atoms with Gasteiger partial charge in [-0.3, -0.25) is 4.79 Å². The van der Waals surface area contributed by atoms with Gasteiger partial charge in [-0.15, -0.1) is 0 Å². The fraction of sp³-hybridized carbons (Fsp3) is 0.250. The summed E-state index contributed by atoms with van der Waals surface area (Å²) in [5, 5.41) is 11.1. The van der Waals surface area contributed by atoms with Crippen LogP contribution in [-0.2, 0) is 15.9 Å². The minimum Gasteiger partial charge on any atom is -0.496 e. The Kier molecular flexibility index (Phi) is 5.88. The van der Waals surface area contributed by atoms with Crippen molar-refractivity contribution in [2.45, 2.75) is 12.7 Å². The fourth-order valence-corrected chi connectivity index (χ4v) is 4.00. The van der Waals surface area contributed by atoms with Crippen molar-refractivity contribution < 1.29 is 33.6 Å². The number of carbonyl (C=O) groups excluding carboxylic acids is 1. The Balaban J connectivity index is 2.02. The van der Waals surface area contributed by atoms with Crippen molar-refractivity contribution in [3.63, 3.8) is 0 Å². The molecular formula is C24H22O7. The lowest BCUT2D eigenvalue weighted by molar-refractivity contribution is -0.0403. The van der Waals surface area contributed by atoms with Crippen LogP contribution in [0, 0.1) is 0 Å². The lowest BCUT2D eigenvalue weighted by Gasteiger charge is -2.22. The highest BCUT2D eigenvalue weighted by molar-refractivity contribution is 6.19. The summed E-state index contributed by atoms with van der Waals surface area (Å²) in [5.74, 6) is -0.784. The number of fused-ring (bicyclic) bond motifs is 1. The molecule has 0 aromatic heterocycles. The number of hydrogen-bond donors (Lipinski definition) is 1. The summed E-state index contributed by atoms with van der Waals surface area (Å²) in [6, 6.07) is 13.6. The molecule has 0 bridgehead atoms. The molecule has 1 N–H and O–H groups in total. The molecule has 1 saturated heterocycles. The molecule has 0 atom stereocenters. The van der Waals surface area contributed by atoms with Crippen LogP contribution in [0.1, 0.15) is 31.8 Å². The number of ether oxygens (including phenoxy) is 4. The van der Waals surface area contributed by atoms with Gasteiger partial charge in [-0.2, -0.15) is 0 Å². The lowest BCUT2D eigenvalue weighted by Crippen LogP contribution is -2.18. The summed E-state index contributed by atoms with van der Waals surface area (Å²) in [6.45, 7) is 0.922. The van der Waals surface area contributed by atoms with Crippen LogP contribution in [0.25, 0.3) is 10.8 Å². The van der Waals surface area contributed by atoms with Crippen molar-refractivity contribution in [3.05, 3.63) is 70.8 Å². The number of methoxy groups -OCH3 is 2. The van der Waals surface area contributed by atoms with E-state index in [1.54, 1.807) is 12.1 Å². The molecule has 7 heteroatoms. The largest absolute Gasteiger partial charge is 0.496 e. The Labute approximate surface area is 179 Å². The van der Waals surface area contributed by atoms with Crippen LogP contribution in [0.4, 0.5) is 0 Å². The van der Waals surface area contributed by atoms with Crippen LogP contribution in [-0.4, -0.2) is 50.6 Å². The molecule has 0 aliphatic carbocycles. The van der Waals surface area contributed by atoms with Crippen molar-refractivity contribution in [1.82, 2.24) is 0 Å². The third kappa shape index (κ3) is 3.73. The van der Waals surface area contributed by atoms with Crippen LogP contribution in [0.2, 0.25) is 0 Å². The minimum atomic E-state index is -1.18. The first-order chi connectivity index (χ1) is 15.1. The van der Waals surface area contributed by atoms with Gasteiger partial charge in [0.15, 0.2) is 12.1 Å². The summed E-state index contributed by atoms with van der Waals surface area (Å²) in [5.41, 5.74) is 0.780. The molecule has 0 unspecified atom stereocenters. The van der Waals surface area contributed by atoms with E-state index in [9.17, 15) is 14.7 Å². The van der Waals surface area contributed by atoms with E-state index in [1.165, 1.54) is 26.4 Å². The second kappa shape index (κ2) is 8.75. The third-order valence-corrected chi connectivity index (χ3v) is 5.32. The van der Waals surface area contributed by atoms with Crippen molar-refractivity contribution >= 4 is 22.5 Å². The van der Waals surface area contributed by atoms with Crippen molar-refractivity contribution in [2.24, 2.45) is 0 Å². The van der Waals surface area contributed by atoms with Crippen LogP contribution in [0.3, 0.4) is 0 Å². The van der Waals surface area contributed by atoms with E-state index in [2.05, 4.69) is 0 Å². The zero-order valence-corrected chi connectivity index (χ0v) is 17.2. The van der Waals surface area contributed by atoms with Crippen molar-refractivity contribution in [3.8, 4) is 11.5 Å². The SMILES string of the molecule is COc1c(CC2OCCO2)c(C(=O)c2ccccc2C(=O)O)c(OC)c2ccccc12. The Morgan fingerprint density at radius 3 is 2.03 bits per heavy atom. The highest BCUT2D eigenvalue weighted by atomic mass is 16.7. The fourth-order valence-electron chi connectivity index (χ4n) is 4.00. The first-order valence-electron chi connectivity index (χ1n) is 9.82. The number of carbonyl (C=O) groups is 2. The standard InChI is InChI=1S/C24H22O7/c1-28-22-15-8-4-5-9-16(15)23(29-2)20(18(22)13-19-30-11-12-31-19)21(25)14-7-3-6-10-17(14)24(26)27/h3-10,19H,11-13H2,1-2H3,(H,26,27). The van der Waals surface area contributed by atoms with Gasteiger partial charge in [0.1, 0.15) is 11.5 Å². The van der Waals surface area contributed by atoms with Gasteiger partial charge in [-0.1, -0.05) is 42.5 Å². The zero-order valence-electron chi connectivity index (χ0n) is 17.2. The van der Waals surface area contributed by atoms with Gasteiger partial charge >= 0.3 is 5.97 Å². The molecule has 31 heavy (non-hydrogen) atoms. The summed E-state index contributed by atoms with van der Waals surface area (Å²) >= 11 is 0. The molecule has 0 spiro atoms. The molecule has 4 rings (SSSR count). The lowest BCUT2D eigenvalue weighted by atomic mass is 9.89. The van der Waals surface area contributed by atoms with E-state index in [-0.39, 0.29) is 23.1 Å². The molecule has 160 valence electrons. The molecule has 0 saturated carbocycles. The summed E-state index contributed by atoms with van der Waals surface area (Å²) in [4.78, 5) is 25.5. The van der Waals surface area contributed by atoms with Crippen molar-refractivity contribution in [1.29, 1.82) is 0 Å². The van der Waals surface area contributed by atoms with Crippen LogP contribution in [0.5, 0.6) is 11.5 Å². The number of rotatable bonds is 7. The molecule has 7 nitrogen and oxygen atoms in total. The maximum atomic E-state index is 13.8. The van der Waals surface area contributed by atoms with Gasteiger partial charge < -0.3 is 24.1 Å². The number of aromatic carboxylic acids is 1. The first kappa shape index (κ1) is 20.8. The van der Waals surface area contributed by atoms with Gasteiger partial charge in [0.2, 0.25) is 0 Å². The number of carboxylic acid groups (broad SMARTS) is 1. The average molecular weight is 422 g/mol. The van der Waals surface area contributed by atoms with E-state index in [0.29, 0.717) is 35.7 Å². The van der Waals surface area contributed by atoms with Gasteiger partial charge in [-0.25, -0.2) is 4.79 Å². The van der Waals surface area contributed by atoms with E-state index < -0.39 is 18.0 Å². The Bertz CT molecular complexity index is 1150. The number of carboxylic acids is 1. The number of hydrogen-bond acceptors (Lipinski definition) is 6. The van der Waals surface area contributed by atoms with E-state index in [4.69, 9.17) is 18.9 Å². The molecule has 1 fully saturated rings. The molecule has 3 aromatic carbocycles. The second-order valence-electron chi connectivity index (χ2n) is 7.02. The maximum Gasteiger partial charge on any atom is 0.336 e. The van der Waals surface area contributed by atoms with Gasteiger partial charge in [0.05, 0.1) is 38.6 Å². The highest BCUT2D eigenvalue weighted by Crippen LogP contribution is 2.43. The molecule has 1 heterocycles. The normalized spacial score (nSPS) is 14.0. The van der Waals surface area contributed by atoms with Gasteiger partial charge in [-0.05, 0) is 6.07 Å². The summed E-state index contributed by atoms with van der Waals surface area (Å²) in [6.07, 6.45) is -0.290. The van der Waals surface area contributed by atoms with E-state index >= 15 is 0 Å². The van der Waals surface area contributed by atoms with E-state index in [0.717, 1.165) is 5.39 Å². The Morgan fingerprint density at radius 1 is 0.903 bits per heavy atom. The topological polar surface area (TPSA) is 91.3 Å². The average Bonchev–Trinajstić information content (AvgIpc) is 3.31. The smallest absolute Gasteiger partial charge is 0.336 e. The molecular weight excluding hydrogens is 400 g/mol.